The van der Waals surface area contributed by atoms with E-state index < -0.39 is 36.4 Å². The molecule has 0 amide bonds. The maximum Gasteiger partial charge on any atom is 0.248 e. The number of aryl methyl sites for hydroxylation is 10. The van der Waals surface area contributed by atoms with E-state index in [-0.39, 0.29) is 39.3 Å². The molecule has 0 radical (unpaired) electrons. The molecule has 2 atom stereocenters. The maximum atomic E-state index is 15.6. The zero-order chi connectivity index (χ0) is 44.9. The molecule has 6 rings (SSSR count). The first-order chi connectivity index (χ1) is 28.7. The van der Waals surface area contributed by atoms with Crippen molar-refractivity contribution in [3.63, 3.8) is 0 Å². The molecule has 0 aromatic heterocycles. The Morgan fingerprint density at radius 2 is 0.623 bits per heavy atom. The molecule has 2 unspecified atom stereocenters. The van der Waals surface area contributed by atoms with Gasteiger partial charge in [0.2, 0.25) is 36.4 Å². The molecular formula is C53H54O6P2. The molecule has 0 aliphatic carbocycles. The summed E-state index contributed by atoms with van der Waals surface area (Å²) in [6, 6.07) is 27.9. The summed E-state index contributed by atoms with van der Waals surface area (Å²) in [6.45, 7) is 22.2. The number of carbonyl (C=O) groups excluding carboxylic acids is 4. The van der Waals surface area contributed by atoms with Gasteiger partial charge in [-0.25, -0.2) is 0 Å². The van der Waals surface area contributed by atoms with Crippen LogP contribution in [0.5, 0.6) is 0 Å². The van der Waals surface area contributed by atoms with Crippen LogP contribution in [0.15, 0.2) is 97.1 Å². The lowest BCUT2D eigenvalue weighted by atomic mass is 9.85. The fraction of sp³-hybridized carbons (Fsp3) is 0.245. The first-order valence-electron chi connectivity index (χ1n) is 20.5. The molecule has 0 saturated carbocycles. The molecule has 0 bridgehead atoms. The molecule has 0 aliphatic rings. The molecular weight excluding hydrogens is 795 g/mol. The molecule has 6 aromatic carbocycles. The summed E-state index contributed by atoms with van der Waals surface area (Å²) in [6.07, 6.45) is 0.274. The van der Waals surface area contributed by atoms with Crippen molar-refractivity contribution in [2.24, 2.45) is 0 Å². The highest BCUT2D eigenvalue weighted by Crippen LogP contribution is 2.55. The molecule has 0 spiro atoms. The Morgan fingerprint density at radius 3 is 0.918 bits per heavy atom. The van der Waals surface area contributed by atoms with Gasteiger partial charge in [-0.3, -0.25) is 19.2 Å². The van der Waals surface area contributed by atoms with E-state index in [2.05, 4.69) is 0 Å². The van der Waals surface area contributed by atoms with Gasteiger partial charge in [0, 0.05) is 32.9 Å². The van der Waals surface area contributed by atoms with Gasteiger partial charge in [-0.05, 0) is 156 Å². The second-order valence-corrected chi connectivity index (χ2v) is 21.9. The third kappa shape index (κ3) is 7.82. The molecule has 0 fully saturated rings. The van der Waals surface area contributed by atoms with E-state index in [0.29, 0.717) is 44.5 Å². The minimum absolute atomic E-state index is 0.173. The predicted octanol–water partition coefficient (Wildman–Crippen LogP) is 12.3. The third-order valence-corrected chi connectivity index (χ3v) is 17.4. The Bertz CT molecular complexity index is 2680. The van der Waals surface area contributed by atoms with E-state index in [1.54, 1.807) is 102 Å². The van der Waals surface area contributed by atoms with Gasteiger partial charge in [0.25, 0.3) is 0 Å². The van der Waals surface area contributed by atoms with Crippen molar-refractivity contribution in [2.45, 2.75) is 89.5 Å². The van der Waals surface area contributed by atoms with E-state index in [9.17, 15) is 9.59 Å². The first kappa shape index (κ1) is 45.0. The highest BCUT2D eigenvalue weighted by atomic mass is 31.2. The van der Waals surface area contributed by atoms with Crippen molar-refractivity contribution in [2.75, 3.05) is 0 Å². The van der Waals surface area contributed by atoms with Crippen LogP contribution in [0.25, 0.3) is 0 Å². The van der Waals surface area contributed by atoms with Crippen molar-refractivity contribution in [1.82, 2.24) is 0 Å². The Hall–Kier alpha value is -5.54. The summed E-state index contributed by atoms with van der Waals surface area (Å²) >= 11 is 0. The summed E-state index contributed by atoms with van der Waals surface area (Å²) in [5.74, 6) is 0. The van der Waals surface area contributed by atoms with Gasteiger partial charge >= 0.3 is 0 Å². The summed E-state index contributed by atoms with van der Waals surface area (Å²) in [5, 5.41) is 0.346. The topological polar surface area (TPSA) is 102 Å². The smallest absolute Gasteiger partial charge is 0.248 e. The van der Waals surface area contributed by atoms with Crippen molar-refractivity contribution in [3.8, 4) is 0 Å². The van der Waals surface area contributed by atoms with Crippen LogP contribution >= 0.6 is 14.3 Å². The van der Waals surface area contributed by atoms with E-state index in [1.807, 2.05) is 77.9 Å². The van der Waals surface area contributed by atoms with Gasteiger partial charge in [-0.1, -0.05) is 108 Å². The average Bonchev–Trinajstić information content (AvgIpc) is 3.19. The van der Waals surface area contributed by atoms with Crippen molar-refractivity contribution in [1.29, 1.82) is 0 Å². The highest BCUT2D eigenvalue weighted by Gasteiger charge is 2.46. The van der Waals surface area contributed by atoms with Crippen LogP contribution in [-0.2, 0) is 15.6 Å². The number of carbonyl (C=O) groups is 4. The Morgan fingerprint density at radius 1 is 0.361 bits per heavy atom. The zero-order valence-electron chi connectivity index (χ0n) is 37.3. The fourth-order valence-corrected chi connectivity index (χ4v) is 14.6. The monoisotopic (exact) mass is 848 g/mol. The van der Waals surface area contributed by atoms with Crippen molar-refractivity contribution in [3.05, 3.63) is 197 Å². The van der Waals surface area contributed by atoms with Crippen LogP contribution in [0.4, 0.5) is 0 Å². The zero-order valence-corrected chi connectivity index (χ0v) is 39.1. The second kappa shape index (κ2) is 17.1. The van der Waals surface area contributed by atoms with E-state index in [0.717, 1.165) is 33.4 Å². The standard InChI is InChI=1S/C53H54O6P2/c1-30-23-34(5)46(35(6)24-30)50(54)60(58,42-19-15-13-16-20-42)52(56)48-38(9)27-32(3)44(40(48)11)29-45-33(4)28-39(10)49(41(45)12)53(57)61(59,43-21-17-14-18-22-43)51(55)47-36(7)25-31(2)26-37(47)8/h13-28H,29H2,1-12H3. The Kier molecular flexibility index (Phi) is 12.6. The summed E-state index contributed by atoms with van der Waals surface area (Å²) in [5.41, 5.74) is 8.42. The van der Waals surface area contributed by atoms with Gasteiger partial charge < -0.3 is 9.13 Å². The number of hydrogen-bond acceptors (Lipinski definition) is 6. The minimum atomic E-state index is -4.46. The predicted molar refractivity (Wildman–Crippen MR) is 250 cm³/mol. The van der Waals surface area contributed by atoms with Crippen LogP contribution in [-0.4, -0.2) is 22.1 Å². The molecule has 0 N–H and O–H groups in total. The van der Waals surface area contributed by atoms with E-state index in [1.165, 1.54) is 0 Å². The second-order valence-electron chi connectivity index (χ2n) is 16.8. The van der Waals surface area contributed by atoms with E-state index >= 15 is 18.7 Å². The largest absolute Gasteiger partial charge is 0.302 e. The quantitative estimate of drug-likeness (QED) is 0.114. The minimum Gasteiger partial charge on any atom is -0.302 e. The van der Waals surface area contributed by atoms with Crippen molar-refractivity contribution >= 4 is 47.0 Å². The van der Waals surface area contributed by atoms with Crippen LogP contribution < -0.4 is 10.6 Å². The van der Waals surface area contributed by atoms with Crippen molar-refractivity contribution < 1.29 is 28.3 Å². The van der Waals surface area contributed by atoms with Gasteiger partial charge in [0.1, 0.15) is 0 Å². The van der Waals surface area contributed by atoms with Crippen LogP contribution in [0, 0.1) is 83.1 Å². The molecule has 8 heteroatoms. The lowest BCUT2D eigenvalue weighted by molar-refractivity contribution is 0.102. The summed E-state index contributed by atoms with van der Waals surface area (Å²) in [4.78, 5) is 59.8. The number of rotatable bonds is 12. The van der Waals surface area contributed by atoms with Crippen LogP contribution in [0.1, 0.15) is 119 Å². The molecule has 0 saturated heterocycles. The van der Waals surface area contributed by atoms with Crippen LogP contribution in [0.3, 0.4) is 0 Å². The van der Waals surface area contributed by atoms with Crippen LogP contribution in [0.2, 0.25) is 0 Å². The van der Waals surface area contributed by atoms with E-state index in [4.69, 9.17) is 0 Å². The summed E-state index contributed by atoms with van der Waals surface area (Å²) < 4.78 is 31.1. The van der Waals surface area contributed by atoms with Gasteiger partial charge in [-0.2, -0.15) is 0 Å². The Balaban J connectivity index is 1.52. The summed E-state index contributed by atoms with van der Waals surface area (Å²) in [7, 11) is -8.93. The van der Waals surface area contributed by atoms with Gasteiger partial charge in [0.05, 0.1) is 0 Å². The molecule has 61 heavy (non-hydrogen) atoms. The lowest BCUT2D eigenvalue weighted by Crippen LogP contribution is -2.24. The maximum absolute atomic E-state index is 15.6. The highest BCUT2D eigenvalue weighted by molar-refractivity contribution is 8.01. The SMILES string of the molecule is Cc1cc(C)c(C(=O)P(=O)(C(=O)c2c(C)cc(C)c(Cc3c(C)cc(C)c(C(=O)P(=O)(C(=O)c4c(C)cc(C)cc4C)c4ccccc4)c3C)c2C)c2ccccc2)c(C)c1. The fourth-order valence-electron chi connectivity index (χ4n) is 9.43. The first-order valence-corrected chi connectivity index (χ1v) is 23.9. The molecule has 0 heterocycles. The van der Waals surface area contributed by atoms with Gasteiger partial charge in [-0.15, -0.1) is 0 Å². The normalized spacial score (nSPS) is 13.3. The third-order valence-electron chi connectivity index (χ3n) is 12.2. The molecule has 6 nitrogen and oxygen atoms in total. The lowest BCUT2D eigenvalue weighted by Gasteiger charge is -2.25. The Labute approximate surface area is 360 Å². The average molecular weight is 849 g/mol. The molecule has 312 valence electrons. The number of benzene rings is 6. The molecule has 6 aromatic rings. The number of hydrogen-bond donors (Lipinski definition) is 0. The molecule has 0 aliphatic heterocycles. The van der Waals surface area contributed by atoms with Gasteiger partial charge in [0.15, 0.2) is 0 Å².